The topological polar surface area (TPSA) is 103 Å². The average molecular weight is 344 g/mol. The zero-order valence-corrected chi connectivity index (χ0v) is 13.8. The van der Waals surface area contributed by atoms with Crippen molar-refractivity contribution in [3.63, 3.8) is 0 Å². The molecule has 0 atom stereocenters. The van der Waals surface area contributed by atoms with Gasteiger partial charge in [0.25, 0.3) is 10.0 Å². The summed E-state index contributed by atoms with van der Waals surface area (Å²) in [7, 11) is -3.72. The molecule has 0 fully saturated rings. The van der Waals surface area contributed by atoms with Gasteiger partial charge in [-0.1, -0.05) is 25.5 Å². The van der Waals surface area contributed by atoms with Crippen LogP contribution in [0.3, 0.4) is 0 Å². The summed E-state index contributed by atoms with van der Waals surface area (Å²) in [6, 6.07) is 8.30. The number of nitrogens with one attached hydrogen (secondary N) is 1. The molecule has 3 aromatic rings. The Morgan fingerprint density at radius 3 is 2.58 bits per heavy atom. The van der Waals surface area contributed by atoms with E-state index in [0.717, 1.165) is 18.4 Å². The van der Waals surface area contributed by atoms with E-state index in [1.165, 1.54) is 29.7 Å². The summed E-state index contributed by atoms with van der Waals surface area (Å²) in [5, 5.41) is 3.95. The van der Waals surface area contributed by atoms with Crippen LogP contribution in [0.15, 0.2) is 54.2 Å². The first kappa shape index (κ1) is 16.1. The predicted octanol–water partition coefficient (Wildman–Crippen LogP) is 1.81. The van der Waals surface area contributed by atoms with Crippen molar-refractivity contribution in [3.05, 3.63) is 54.9 Å². The molecule has 0 aliphatic carbocycles. The number of hydrogen-bond donors (Lipinski definition) is 1. The molecular weight excluding hydrogens is 328 g/mol. The van der Waals surface area contributed by atoms with Gasteiger partial charge in [0.2, 0.25) is 0 Å². The molecular formula is C15H16N6O2S. The lowest BCUT2D eigenvalue weighted by Gasteiger charge is -2.09. The maximum Gasteiger partial charge on any atom is 0.263 e. The first-order valence-electron chi connectivity index (χ1n) is 7.37. The highest BCUT2D eigenvalue weighted by molar-refractivity contribution is 7.92. The molecule has 0 saturated carbocycles. The highest BCUT2D eigenvalue weighted by Gasteiger charge is 2.15. The van der Waals surface area contributed by atoms with Gasteiger partial charge in [-0.25, -0.2) is 28.1 Å². The molecule has 0 saturated heterocycles. The molecule has 2 aromatic heterocycles. The lowest BCUT2D eigenvalue weighted by molar-refractivity contribution is 0.601. The van der Waals surface area contributed by atoms with Crippen molar-refractivity contribution >= 4 is 15.8 Å². The molecule has 9 heteroatoms. The molecule has 8 nitrogen and oxygen atoms in total. The van der Waals surface area contributed by atoms with E-state index in [-0.39, 0.29) is 10.7 Å². The van der Waals surface area contributed by atoms with Crippen LogP contribution in [0, 0.1) is 0 Å². The van der Waals surface area contributed by atoms with Crippen molar-refractivity contribution in [2.45, 2.75) is 24.7 Å². The maximum atomic E-state index is 12.5. The van der Waals surface area contributed by atoms with Gasteiger partial charge in [0.1, 0.15) is 24.8 Å². The second-order valence-corrected chi connectivity index (χ2v) is 6.78. The van der Waals surface area contributed by atoms with Crippen molar-refractivity contribution in [1.29, 1.82) is 0 Å². The summed E-state index contributed by atoms with van der Waals surface area (Å²) in [6.07, 6.45) is 6.02. The van der Waals surface area contributed by atoms with Crippen molar-refractivity contribution in [1.82, 2.24) is 24.7 Å². The maximum absolute atomic E-state index is 12.5. The zero-order valence-electron chi connectivity index (χ0n) is 13.0. The van der Waals surface area contributed by atoms with Crippen LogP contribution in [-0.2, 0) is 16.4 Å². The van der Waals surface area contributed by atoms with Crippen LogP contribution in [0.2, 0.25) is 0 Å². The monoisotopic (exact) mass is 344 g/mol. The SMILES string of the molecule is CCCc1ccc(S(=O)(=O)Nc2cc(-n3cncn3)ncn2)cc1. The van der Waals surface area contributed by atoms with Gasteiger partial charge >= 0.3 is 0 Å². The van der Waals surface area contributed by atoms with Crippen molar-refractivity contribution in [2.24, 2.45) is 0 Å². The second kappa shape index (κ2) is 6.75. The molecule has 0 radical (unpaired) electrons. The molecule has 2 heterocycles. The van der Waals surface area contributed by atoms with Crippen LogP contribution in [0.5, 0.6) is 0 Å². The van der Waals surface area contributed by atoms with Gasteiger partial charge in [-0.15, -0.1) is 0 Å². The summed E-state index contributed by atoms with van der Waals surface area (Å²) < 4.78 is 28.8. The summed E-state index contributed by atoms with van der Waals surface area (Å²) in [6.45, 7) is 2.08. The Bertz CT molecular complexity index is 907. The minimum atomic E-state index is -3.72. The molecule has 0 unspecified atom stereocenters. The fourth-order valence-electron chi connectivity index (χ4n) is 2.18. The Labute approximate surface area is 139 Å². The molecule has 24 heavy (non-hydrogen) atoms. The van der Waals surface area contributed by atoms with Gasteiger partial charge in [0.15, 0.2) is 5.82 Å². The van der Waals surface area contributed by atoms with E-state index in [4.69, 9.17) is 0 Å². The minimum Gasteiger partial charge on any atom is -0.263 e. The number of anilines is 1. The van der Waals surface area contributed by atoms with Crippen LogP contribution in [0.1, 0.15) is 18.9 Å². The van der Waals surface area contributed by atoms with Crippen LogP contribution >= 0.6 is 0 Å². The molecule has 124 valence electrons. The van der Waals surface area contributed by atoms with Crippen LogP contribution in [0.4, 0.5) is 5.82 Å². The fourth-order valence-corrected chi connectivity index (χ4v) is 3.17. The third kappa shape index (κ3) is 3.57. The molecule has 0 amide bonds. The van der Waals surface area contributed by atoms with Gasteiger partial charge in [-0.3, -0.25) is 4.72 Å². The van der Waals surface area contributed by atoms with Gasteiger partial charge < -0.3 is 0 Å². The lowest BCUT2D eigenvalue weighted by atomic mass is 10.1. The highest BCUT2D eigenvalue weighted by atomic mass is 32.2. The zero-order chi connectivity index (χ0) is 17.0. The normalized spacial score (nSPS) is 11.4. The van der Waals surface area contributed by atoms with E-state index in [1.807, 2.05) is 12.1 Å². The number of aromatic nitrogens is 5. The largest absolute Gasteiger partial charge is 0.263 e. The number of nitrogens with zero attached hydrogens (tertiary/aromatic N) is 5. The molecule has 0 spiro atoms. The van der Waals surface area contributed by atoms with Crippen molar-refractivity contribution in [3.8, 4) is 5.82 Å². The predicted molar refractivity (Wildman–Crippen MR) is 88.2 cm³/mol. The third-order valence-corrected chi connectivity index (χ3v) is 4.69. The average Bonchev–Trinajstić information content (AvgIpc) is 3.10. The van der Waals surface area contributed by atoms with E-state index in [9.17, 15) is 8.42 Å². The molecule has 1 aromatic carbocycles. The molecule has 1 N–H and O–H groups in total. The van der Waals surface area contributed by atoms with Gasteiger partial charge in [0.05, 0.1) is 4.90 Å². The van der Waals surface area contributed by atoms with Crippen LogP contribution in [0.25, 0.3) is 5.82 Å². The minimum absolute atomic E-state index is 0.160. The van der Waals surface area contributed by atoms with E-state index < -0.39 is 10.0 Å². The van der Waals surface area contributed by atoms with E-state index >= 15 is 0 Å². The Kier molecular flexibility index (Phi) is 4.52. The summed E-state index contributed by atoms with van der Waals surface area (Å²) in [4.78, 5) is 12.0. The van der Waals surface area contributed by atoms with Crippen LogP contribution < -0.4 is 4.72 Å². The Morgan fingerprint density at radius 1 is 1.12 bits per heavy atom. The smallest absolute Gasteiger partial charge is 0.263 e. The highest BCUT2D eigenvalue weighted by Crippen LogP contribution is 2.16. The quantitative estimate of drug-likeness (QED) is 0.731. The first-order valence-corrected chi connectivity index (χ1v) is 8.85. The number of rotatable bonds is 6. The number of hydrogen-bond acceptors (Lipinski definition) is 6. The van der Waals surface area contributed by atoms with E-state index in [0.29, 0.717) is 5.82 Å². The number of sulfonamides is 1. The van der Waals surface area contributed by atoms with Crippen LogP contribution in [-0.4, -0.2) is 33.2 Å². The van der Waals surface area contributed by atoms with Crippen molar-refractivity contribution < 1.29 is 8.42 Å². The van der Waals surface area contributed by atoms with E-state index in [1.54, 1.807) is 12.1 Å². The standard InChI is InChI=1S/C15H16N6O2S/c1-2-3-12-4-6-13(7-5-12)24(22,23)20-14-8-15(18-10-17-14)21-11-16-9-19-21/h4-11H,2-3H2,1H3,(H,17,18,20). The summed E-state index contributed by atoms with van der Waals surface area (Å²) in [5.74, 6) is 0.576. The molecule has 0 bridgehead atoms. The molecule has 0 aliphatic rings. The van der Waals surface area contributed by atoms with E-state index in [2.05, 4.69) is 31.7 Å². The second-order valence-electron chi connectivity index (χ2n) is 5.10. The Balaban J connectivity index is 1.83. The summed E-state index contributed by atoms with van der Waals surface area (Å²) >= 11 is 0. The van der Waals surface area contributed by atoms with Crippen molar-refractivity contribution in [2.75, 3.05) is 4.72 Å². The molecule has 0 aliphatic heterocycles. The number of aryl methyl sites for hydroxylation is 1. The Morgan fingerprint density at radius 2 is 1.92 bits per heavy atom. The Hall–Kier alpha value is -2.81. The number of benzene rings is 1. The van der Waals surface area contributed by atoms with Gasteiger partial charge in [0, 0.05) is 6.07 Å². The third-order valence-electron chi connectivity index (χ3n) is 3.32. The molecule has 3 rings (SSSR count). The summed E-state index contributed by atoms with van der Waals surface area (Å²) in [5.41, 5.74) is 1.10. The lowest BCUT2D eigenvalue weighted by Crippen LogP contribution is -2.14. The van der Waals surface area contributed by atoms with Gasteiger partial charge in [-0.05, 0) is 24.1 Å². The van der Waals surface area contributed by atoms with Gasteiger partial charge in [-0.2, -0.15) is 5.10 Å². The fraction of sp³-hybridized carbons (Fsp3) is 0.200. The first-order chi connectivity index (χ1) is 11.6.